The van der Waals surface area contributed by atoms with Gasteiger partial charge in [-0.25, -0.2) is 0 Å². The van der Waals surface area contributed by atoms with Gasteiger partial charge in [0.05, 0.1) is 33.5 Å². The highest BCUT2D eigenvalue weighted by Crippen LogP contribution is 2.47. The highest BCUT2D eigenvalue weighted by atomic mass is 32.2. The number of nitrogens with one attached hydrogen (secondary N) is 2. The van der Waals surface area contributed by atoms with Gasteiger partial charge in [-0.05, 0) is 61.7 Å². The van der Waals surface area contributed by atoms with Crippen LogP contribution in [-0.2, 0) is 9.53 Å². The number of nitro benzene ring substituents is 1. The average molecular weight is 711 g/mol. The fourth-order valence-electron chi connectivity index (χ4n) is 7.29. The summed E-state index contributed by atoms with van der Waals surface area (Å²) in [5.74, 6) is -0.408. The van der Waals surface area contributed by atoms with Crippen LogP contribution in [0.5, 0.6) is 5.75 Å². The Morgan fingerprint density at radius 1 is 0.882 bits per heavy atom. The summed E-state index contributed by atoms with van der Waals surface area (Å²) in [6.45, 7) is 8.81. The summed E-state index contributed by atoms with van der Waals surface area (Å²) in [7, 11) is 0. The predicted molar refractivity (Wildman–Crippen MR) is 191 cm³/mol. The molecule has 0 radical (unpaired) electrons. The average Bonchev–Trinajstić information content (AvgIpc) is 3.35. The molecule has 13 nitrogen and oxygen atoms in total. The molecular formula is C37H38N6O7S. The zero-order valence-electron chi connectivity index (χ0n) is 28.0. The van der Waals surface area contributed by atoms with Crippen LogP contribution in [0.2, 0.25) is 0 Å². The van der Waals surface area contributed by atoms with Gasteiger partial charge >= 0.3 is 0 Å². The van der Waals surface area contributed by atoms with E-state index in [9.17, 15) is 24.5 Å². The lowest BCUT2D eigenvalue weighted by Gasteiger charge is -2.37. The molecule has 1 atom stereocenters. The monoisotopic (exact) mass is 710 g/mol. The van der Waals surface area contributed by atoms with Gasteiger partial charge in [-0.15, -0.1) is 0 Å². The maximum Gasteiger partial charge on any atom is 0.270 e. The minimum Gasteiger partial charge on any atom is -0.490 e. The second-order valence-corrected chi connectivity index (χ2v) is 14.7. The van der Waals surface area contributed by atoms with E-state index < -0.39 is 17.9 Å². The van der Waals surface area contributed by atoms with Crippen molar-refractivity contribution in [1.82, 2.24) is 15.1 Å². The molecule has 3 aromatic rings. The summed E-state index contributed by atoms with van der Waals surface area (Å²) >= 11 is 1.50. The molecule has 1 unspecified atom stereocenters. The Hall–Kier alpha value is -4.92. The topological polar surface area (TPSA) is 147 Å². The molecular weight excluding hydrogens is 673 g/mol. The van der Waals surface area contributed by atoms with Crippen molar-refractivity contribution in [2.75, 3.05) is 49.5 Å². The van der Waals surface area contributed by atoms with E-state index in [1.807, 2.05) is 24.3 Å². The van der Waals surface area contributed by atoms with Gasteiger partial charge in [0.2, 0.25) is 5.91 Å². The molecule has 14 heteroatoms. The third-order valence-electron chi connectivity index (χ3n) is 10.2. The molecule has 8 rings (SSSR count). The van der Waals surface area contributed by atoms with Gasteiger partial charge in [-0.2, -0.15) is 0 Å². The van der Waals surface area contributed by atoms with E-state index in [-0.39, 0.29) is 28.7 Å². The van der Waals surface area contributed by atoms with Crippen molar-refractivity contribution in [3.8, 4) is 5.75 Å². The van der Waals surface area contributed by atoms with E-state index in [2.05, 4.69) is 27.0 Å². The molecule has 4 heterocycles. The van der Waals surface area contributed by atoms with Crippen LogP contribution in [-0.4, -0.2) is 90.0 Å². The lowest BCUT2D eigenvalue weighted by Crippen LogP contribution is -2.51. The van der Waals surface area contributed by atoms with Crippen LogP contribution >= 0.6 is 11.8 Å². The normalized spacial score (nSPS) is 22.8. The fourth-order valence-corrected chi connectivity index (χ4v) is 8.33. The summed E-state index contributed by atoms with van der Waals surface area (Å²) in [5, 5.41) is 17.2. The molecule has 0 spiro atoms. The summed E-state index contributed by atoms with van der Waals surface area (Å²) in [4.78, 5) is 57.3. The third kappa shape index (κ3) is 6.66. The largest absolute Gasteiger partial charge is 0.490 e. The molecule has 51 heavy (non-hydrogen) atoms. The number of imide groups is 1. The minimum atomic E-state index is -0.813. The molecule has 0 bridgehead atoms. The van der Waals surface area contributed by atoms with Crippen LogP contribution in [0.3, 0.4) is 0 Å². The number of non-ortho nitro benzene ring substituents is 1. The highest BCUT2D eigenvalue weighted by Gasteiger charge is 2.44. The number of hydrogen-bond donors (Lipinski definition) is 2. The van der Waals surface area contributed by atoms with Crippen LogP contribution in [0, 0.1) is 10.1 Å². The Kier molecular flexibility index (Phi) is 8.90. The van der Waals surface area contributed by atoms with E-state index in [1.54, 1.807) is 24.3 Å². The number of anilines is 3. The Labute approximate surface area is 299 Å². The van der Waals surface area contributed by atoms with Crippen molar-refractivity contribution >= 4 is 52.2 Å². The number of hydrogen-bond acceptors (Lipinski definition) is 11. The number of nitro groups is 1. The molecule has 2 saturated heterocycles. The highest BCUT2D eigenvalue weighted by molar-refractivity contribution is 7.99. The molecule has 5 aliphatic rings. The molecule has 0 aromatic heterocycles. The molecule has 3 fully saturated rings. The van der Waals surface area contributed by atoms with Gasteiger partial charge in [-0.1, -0.05) is 18.3 Å². The van der Waals surface area contributed by atoms with Crippen LogP contribution in [0.25, 0.3) is 0 Å². The minimum absolute atomic E-state index is 0.0712. The third-order valence-corrected chi connectivity index (χ3v) is 11.3. The number of carbonyl (C=O) groups is 3. The maximum absolute atomic E-state index is 13.3. The quantitative estimate of drug-likeness (QED) is 0.0953. The second kappa shape index (κ2) is 13.7. The number of benzene rings is 3. The number of fused-ring (bicyclic) bond motifs is 3. The van der Waals surface area contributed by atoms with E-state index in [1.165, 1.54) is 17.8 Å². The molecule has 1 saturated carbocycles. The van der Waals surface area contributed by atoms with Gasteiger partial charge in [0, 0.05) is 85.5 Å². The number of rotatable bonds is 10. The molecule has 3 amide bonds. The fraction of sp³-hybridized carbons (Fsp3) is 0.378. The van der Waals surface area contributed by atoms with Gasteiger partial charge in [0.25, 0.3) is 17.5 Å². The summed E-state index contributed by atoms with van der Waals surface area (Å²) in [6, 6.07) is 15.3. The van der Waals surface area contributed by atoms with Crippen molar-refractivity contribution in [2.24, 2.45) is 0 Å². The van der Waals surface area contributed by atoms with E-state index in [4.69, 9.17) is 9.47 Å². The van der Waals surface area contributed by atoms with Crippen molar-refractivity contribution in [2.45, 2.75) is 60.1 Å². The standard InChI is InChI=1S/C37H38N6O7S/c1-22-3-10-32(35(44)38-22)42-36(45)28-7-4-23(17-29(28)37(42)46)41-14-12-40(13-15-41)11-2-16-49-26-19-27(20-26)50-25-6-9-31-34(21-25)51-33-18-24(43(47)48)5-8-30(33)39-31/h4-9,17-18,21,26-27,32,39H,1-3,10-16,19-20H2,(H,38,44)/t26-,27-,32?. The molecule has 1 aliphatic carbocycles. The van der Waals surface area contributed by atoms with Gasteiger partial charge in [-0.3, -0.25) is 34.3 Å². The number of allylic oxidation sites excluding steroid dienone is 1. The lowest BCUT2D eigenvalue weighted by molar-refractivity contribution is -0.385. The SMILES string of the molecule is C=C1CCC(N2C(=O)c3ccc(N4CCN(CCCO[C@H]5C[C@H](Oc6ccc7c(c6)Sc6cc([N+](=O)[O-])ccc6N7)C5)CC4)cc3C2=O)C(=O)N1. The zero-order chi connectivity index (χ0) is 35.2. The number of piperidine rings is 1. The zero-order valence-corrected chi connectivity index (χ0v) is 28.8. The first-order chi connectivity index (χ1) is 24.7. The van der Waals surface area contributed by atoms with E-state index in [0.29, 0.717) is 36.3 Å². The summed E-state index contributed by atoms with van der Waals surface area (Å²) in [5.41, 5.74) is 4.10. The number of carbonyl (C=O) groups excluding carboxylic acids is 3. The molecule has 264 valence electrons. The van der Waals surface area contributed by atoms with Crippen LogP contribution in [0.15, 0.2) is 76.7 Å². The maximum atomic E-state index is 13.3. The molecule has 2 N–H and O–H groups in total. The van der Waals surface area contributed by atoms with Crippen molar-refractivity contribution < 1.29 is 28.8 Å². The number of ether oxygens (including phenoxy) is 2. The number of nitrogens with zero attached hydrogens (tertiary/aromatic N) is 4. The van der Waals surface area contributed by atoms with Gasteiger partial charge in [0.15, 0.2) is 0 Å². The Balaban J connectivity index is 0.747. The first kappa shape index (κ1) is 33.2. The Bertz CT molecular complexity index is 1940. The lowest BCUT2D eigenvalue weighted by atomic mass is 9.92. The Morgan fingerprint density at radius 3 is 2.39 bits per heavy atom. The number of amides is 3. The van der Waals surface area contributed by atoms with Gasteiger partial charge in [0.1, 0.15) is 17.9 Å². The summed E-state index contributed by atoms with van der Waals surface area (Å²) < 4.78 is 12.4. The predicted octanol–water partition coefficient (Wildman–Crippen LogP) is 5.33. The first-order valence-electron chi connectivity index (χ1n) is 17.3. The second-order valence-electron chi connectivity index (χ2n) is 13.6. The van der Waals surface area contributed by atoms with Crippen molar-refractivity contribution in [1.29, 1.82) is 0 Å². The van der Waals surface area contributed by atoms with Crippen molar-refractivity contribution in [3.63, 3.8) is 0 Å². The Morgan fingerprint density at radius 2 is 1.63 bits per heavy atom. The van der Waals surface area contributed by atoms with Crippen LogP contribution in [0.4, 0.5) is 22.7 Å². The first-order valence-corrected chi connectivity index (χ1v) is 18.2. The van der Waals surface area contributed by atoms with Crippen LogP contribution < -0.4 is 20.3 Å². The molecule has 3 aromatic carbocycles. The smallest absolute Gasteiger partial charge is 0.270 e. The number of piperazine rings is 1. The van der Waals surface area contributed by atoms with Crippen LogP contribution in [0.1, 0.15) is 52.8 Å². The molecule has 4 aliphatic heterocycles. The van der Waals surface area contributed by atoms with Gasteiger partial charge < -0.3 is 25.0 Å². The van der Waals surface area contributed by atoms with E-state index >= 15 is 0 Å². The summed E-state index contributed by atoms with van der Waals surface area (Å²) in [6.07, 6.45) is 3.81. The van der Waals surface area contributed by atoms with Crippen molar-refractivity contribution in [3.05, 3.63) is 88.1 Å². The van der Waals surface area contributed by atoms with E-state index in [0.717, 1.165) is 89.5 Å².